The van der Waals surface area contributed by atoms with Gasteiger partial charge in [0.25, 0.3) is 0 Å². The Balaban J connectivity index is 1.97. The molecule has 1 aliphatic carbocycles. The lowest BCUT2D eigenvalue weighted by Gasteiger charge is -2.23. The minimum absolute atomic E-state index is 0.307. The van der Waals surface area contributed by atoms with Crippen molar-refractivity contribution >= 4 is 21.6 Å². The molecule has 3 nitrogen and oxygen atoms in total. The topological polar surface area (TPSA) is 54.4 Å². The number of aliphatic hydroxyl groups excluding tert-OH is 1. The van der Waals surface area contributed by atoms with Crippen LogP contribution >= 0.6 is 11.8 Å². The zero-order valence-electron chi connectivity index (χ0n) is 14.1. The van der Waals surface area contributed by atoms with Gasteiger partial charge in [0, 0.05) is 10.8 Å². The molecule has 3 rings (SSSR count). The largest absolute Gasteiger partial charge is 0.393 e. The first kappa shape index (κ1) is 18.2. The highest BCUT2D eigenvalue weighted by Crippen LogP contribution is 2.37. The first-order valence-electron chi connectivity index (χ1n) is 8.39. The molecule has 5 heteroatoms. The molecule has 1 unspecified atom stereocenters. The summed E-state index contributed by atoms with van der Waals surface area (Å²) in [6, 6.07) is 18.4. The van der Waals surface area contributed by atoms with E-state index >= 15 is 0 Å². The maximum atomic E-state index is 13.1. The van der Waals surface area contributed by atoms with E-state index in [4.69, 9.17) is 0 Å². The fourth-order valence-corrected chi connectivity index (χ4v) is 6.11. The van der Waals surface area contributed by atoms with E-state index < -0.39 is 21.2 Å². The number of allylic oxidation sites excluding steroid dienone is 1. The average molecular weight is 375 g/mol. The Kier molecular flexibility index (Phi) is 5.67. The summed E-state index contributed by atoms with van der Waals surface area (Å²) in [5.74, 6) is -0.348. The van der Waals surface area contributed by atoms with Crippen LogP contribution in [0.15, 0.2) is 81.4 Å². The minimum Gasteiger partial charge on any atom is -0.393 e. The third-order valence-corrected chi connectivity index (χ3v) is 7.91. The van der Waals surface area contributed by atoms with Crippen molar-refractivity contribution in [3.8, 4) is 0 Å². The summed E-state index contributed by atoms with van der Waals surface area (Å²) >= 11 is 1.58. The van der Waals surface area contributed by atoms with E-state index in [9.17, 15) is 13.5 Å². The van der Waals surface area contributed by atoms with Gasteiger partial charge >= 0.3 is 0 Å². The van der Waals surface area contributed by atoms with Gasteiger partial charge in [0.2, 0.25) is 0 Å². The molecule has 0 radical (unpaired) electrons. The highest BCUT2D eigenvalue weighted by Gasteiger charge is 2.36. The Labute approximate surface area is 153 Å². The molecule has 0 fully saturated rings. The molecule has 132 valence electrons. The molecule has 0 aliphatic heterocycles. The van der Waals surface area contributed by atoms with E-state index in [1.165, 1.54) is 0 Å². The van der Waals surface area contributed by atoms with E-state index in [0.29, 0.717) is 17.7 Å². The minimum atomic E-state index is -3.54. The lowest BCUT2D eigenvalue weighted by Crippen LogP contribution is -2.33. The number of hydrogen-bond acceptors (Lipinski definition) is 4. The second-order valence-corrected chi connectivity index (χ2v) is 9.64. The van der Waals surface area contributed by atoms with E-state index in [0.717, 1.165) is 9.80 Å². The summed E-state index contributed by atoms with van der Waals surface area (Å²) in [5.41, 5.74) is 0. The molecule has 1 aliphatic rings. The van der Waals surface area contributed by atoms with Crippen LogP contribution in [-0.4, -0.2) is 24.9 Å². The Hall–Kier alpha value is -1.56. The van der Waals surface area contributed by atoms with Crippen LogP contribution in [0.4, 0.5) is 0 Å². The summed E-state index contributed by atoms with van der Waals surface area (Å²) in [6.07, 6.45) is 2.48. The van der Waals surface area contributed by atoms with Gasteiger partial charge in [0.05, 0.1) is 16.2 Å². The monoisotopic (exact) mass is 374 g/mol. The number of aliphatic hydroxyl groups is 1. The zero-order valence-corrected chi connectivity index (χ0v) is 15.7. The van der Waals surface area contributed by atoms with Crippen LogP contribution in [0.25, 0.3) is 0 Å². The highest BCUT2D eigenvalue weighted by molar-refractivity contribution is 8.03. The van der Waals surface area contributed by atoms with Crippen molar-refractivity contribution in [2.45, 2.75) is 40.9 Å². The highest BCUT2D eigenvalue weighted by atomic mass is 32.2. The van der Waals surface area contributed by atoms with Gasteiger partial charge in [-0.05, 0) is 42.0 Å². The molecule has 25 heavy (non-hydrogen) atoms. The quantitative estimate of drug-likeness (QED) is 0.867. The summed E-state index contributed by atoms with van der Waals surface area (Å²) in [5, 5.41) is 9.69. The third kappa shape index (κ3) is 4.17. The number of rotatable bonds is 4. The second-order valence-electron chi connectivity index (χ2n) is 6.34. The van der Waals surface area contributed by atoms with Gasteiger partial charge in [0.15, 0.2) is 9.84 Å². The van der Waals surface area contributed by atoms with Gasteiger partial charge in [-0.3, -0.25) is 0 Å². The zero-order chi connectivity index (χ0) is 17.9. The lowest BCUT2D eigenvalue weighted by molar-refractivity contribution is 0.113. The molecule has 1 N–H and O–H groups in total. The predicted molar refractivity (Wildman–Crippen MR) is 102 cm³/mol. The van der Waals surface area contributed by atoms with Crippen LogP contribution in [0, 0.1) is 5.92 Å². The number of hydrogen-bond donors (Lipinski definition) is 1. The van der Waals surface area contributed by atoms with Crippen LogP contribution in [-0.2, 0) is 9.84 Å². The van der Waals surface area contributed by atoms with Crippen molar-refractivity contribution in [2.75, 3.05) is 0 Å². The van der Waals surface area contributed by atoms with Crippen molar-refractivity contribution in [3.63, 3.8) is 0 Å². The molecule has 2 aromatic carbocycles. The normalized spacial score (nSPS) is 24.4. The van der Waals surface area contributed by atoms with Gasteiger partial charge in [-0.1, -0.05) is 61.2 Å². The Bertz CT molecular complexity index is 830. The van der Waals surface area contributed by atoms with Crippen molar-refractivity contribution in [3.05, 3.63) is 71.6 Å². The summed E-state index contributed by atoms with van der Waals surface area (Å²) < 4.78 is 26.3. The summed E-state index contributed by atoms with van der Waals surface area (Å²) in [4.78, 5) is 2.38. The van der Waals surface area contributed by atoms with E-state index in [1.54, 1.807) is 42.1 Å². The van der Waals surface area contributed by atoms with Gasteiger partial charge in [-0.2, -0.15) is 0 Å². The Morgan fingerprint density at radius 2 is 1.60 bits per heavy atom. The smallest absolute Gasteiger partial charge is 0.185 e. The maximum absolute atomic E-state index is 13.1. The van der Waals surface area contributed by atoms with E-state index in [2.05, 4.69) is 0 Å². The number of sulfone groups is 1. The molecule has 0 bridgehead atoms. The molecule has 0 heterocycles. The standard InChI is InChI=1S/C20H22O3S2/c1-15-19(21)13-12-17(24-16-8-4-2-5-9-16)14-20(15)25(22,23)18-10-6-3-7-11-18/h2-11,14-15,19-21H,12-13H2,1H3/t15-,19+,20?/m0/s1. The van der Waals surface area contributed by atoms with Gasteiger partial charge in [0.1, 0.15) is 0 Å². The van der Waals surface area contributed by atoms with Crippen molar-refractivity contribution in [2.24, 2.45) is 5.92 Å². The van der Waals surface area contributed by atoms with Gasteiger partial charge in [-0.25, -0.2) is 8.42 Å². The predicted octanol–water partition coefficient (Wildman–Crippen LogP) is 4.30. The molecular formula is C20H22O3S2. The van der Waals surface area contributed by atoms with Crippen LogP contribution in [0.2, 0.25) is 0 Å². The van der Waals surface area contributed by atoms with Gasteiger partial charge < -0.3 is 5.11 Å². The molecule has 0 saturated heterocycles. The van der Waals surface area contributed by atoms with Crippen LogP contribution in [0.3, 0.4) is 0 Å². The molecule has 3 atom stereocenters. The average Bonchev–Trinajstić information content (AvgIpc) is 2.77. The van der Waals surface area contributed by atoms with Crippen molar-refractivity contribution in [1.82, 2.24) is 0 Å². The molecule has 0 aromatic heterocycles. The molecule has 0 spiro atoms. The maximum Gasteiger partial charge on any atom is 0.185 e. The Morgan fingerprint density at radius 3 is 2.24 bits per heavy atom. The third-order valence-electron chi connectivity index (χ3n) is 4.58. The molecule has 0 saturated carbocycles. The summed E-state index contributed by atoms with van der Waals surface area (Å²) in [6.45, 7) is 1.82. The van der Waals surface area contributed by atoms with E-state index in [1.807, 2.05) is 43.3 Å². The van der Waals surface area contributed by atoms with Crippen molar-refractivity contribution < 1.29 is 13.5 Å². The van der Waals surface area contributed by atoms with Crippen LogP contribution in [0.5, 0.6) is 0 Å². The molecule has 2 aromatic rings. The number of thioether (sulfide) groups is 1. The van der Waals surface area contributed by atoms with Gasteiger partial charge in [-0.15, -0.1) is 0 Å². The molecular weight excluding hydrogens is 352 g/mol. The van der Waals surface area contributed by atoms with Crippen LogP contribution in [0.1, 0.15) is 19.8 Å². The fourth-order valence-electron chi connectivity index (χ4n) is 3.05. The first-order valence-corrected chi connectivity index (χ1v) is 10.8. The van der Waals surface area contributed by atoms with E-state index in [-0.39, 0.29) is 5.92 Å². The Morgan fingerprint density at radius 1 is 1.00 bits per heavy atom. The summed E-state index contributed by atoms with van der Waals surface area (Å²) in [7, 11) is -3.54. The first-order chi connectivity index (χ1) is 12.0. The SMILES string of the molecule is C[C@@H]1C(S(=O)(=O)c2ccccc2)C=C(Sc2ccccc2)CC[C@H]1O. The second kappa shape index (κ2) is 7.77. The van der Waals surface area contributed by atoms with Crippen molar-refractivity contribution in [1.29, 1.82) is 0 Å². The molecule has 0 amide bonds. The number of benzene rings is 2. The lowest BCUT2D eigenvalue weighted by atomic mass is 10.00. The fraction of sp³-hybridized carbons (Fsp3) is 0.300. The van der Waals surface area contributed by atoms with Crippen LogP contribution < -0.4 is 0 Å².